The number of nitrogens with zero attached hydrogens (tertiary/aromatic N) is 1. The van der Waals surface area contributed by atoms with E-state index in [2.05, 4.69) is 33.0 Å². The summed E-state index contributed by atoms with van der Waals surface area (Å²) in [5.41, 5.74) is 1.35. The molecule has 0 fully saturated rings. The Morgan fingerprint density at radius 1 is 1.38 bits per heavy atom. The van der Waals surface area contributed by atoms with Crippen molar-refractivity contribution in [3.8, 4) is 0 Å². The summed E-state index contributed by atoms with van der Waals surface area (Å²) in [6.07, 6.45) is 0. The molecule has 1 aromatic heterocycles. The minimum atomic E-state index is 0.249. The van der Waals surface area contributed by atoms with Crippen molar-refractivity contribution in [3.63, 3.8) is 0 Å². The molecule has 2 nitrogen and oxygen atoms in total. The SMILES string of the molecule is CC(NCc1cc(Cl)c(Cl)n1C)C(C)(C)C. The minimum Gasteiger partial charge on any atom is -0.336 e. The Balaban J connectivity index is 2.65. The van der Waals surface area contributed by atoms with E-state index < -0.39 is 0 Å². The summed E-state index contributed by atoms with van der Waals surface area (Å²) in [4.78, 5) is 0. The summed E-state index contributed by atoms with van der Waals surface area (Å²) in [5, 5.41) is 4.70. The Hall–Kier alpha value is -0.180. The summed E-state index contributed by atoms with van der Waals surface area (Å²) in [6.45, 7) is 9.62. The van der Waals surface area contributed by atoms with Gasteiger partial charge in [-0.2, -0.15) is 0 Å². The number of hydrogen-bond donors (Lipinski definition) is 1. The average Bonchev–Trinajstić information content (AvgIpc) is 2.41. The first-order valence-corrected chi connectivity index (χ1v) is 6.22. The second-order valence-electron chi connectivity index (χ2n) is 5.30. The lowest BCUT2D eigenvalue weighted by molar-refractivity contribution is 0.283. The van der Waals surface area contributed by atoms with Gasteiger partial charge in [0.05, 0.1) is 5.02 Å². The zero-order valence-electron chi connectivity index (χ0n) is 10.6. The van der Waals surface area contributed by atoms with E-state index in [9.17, 15) is 0 Å². The standard InChI is InChI=1S/C12H20Cl2N2/c1-8(12(2,3)4)15-7-9-6-10(13)11(14)16(9)5/h6,8,15H,7H2,1-5H3. The fourth-order valence-corrected chi connectivity index (χ4v) is 1.74. The summed E-state index contributed by atoms with van der Waals surface area (Å²) >= 11 is 12.0. The van der Waals surface area contributed by atoms with Gasteiger partial charge < -0.3 is 9.88 Å². The van der Waals surface area contributed by atoms with E-state index in [0.717, 1.165) is 12.2 Å². The molecule has 0 aliphatic rings. The number of halogens is 2. The third kappa shape index (κ3) is 3.16. The highest BCUT2D eigenvalue weighted by molar-refractivity contribution is 6.41. The Labute approximate surface area is 108 Å². The van der Waals surface area contributed by atoms with Crippen molar-refractivity contribution in [1.29, 1.82) is 0 Å². The molecule has 0 aliphatic heterocycles. The maximum Gasteiger partial charge on any atom is 0.127 e. The van der Waals surface area contributed by atoms with Crippen molar-refractivity contribution in [2.75, 3.05) is 0 Å². The molecule has 0 aromatic carbocycles. The first kappa shape index (κ1) is 13.9. The van der Waals surface area contributed by atoms with Gasteiger partial charge in [0.25, 0.3) is 0 Å². The summed E-state index contributed by atoms with van der Waals surface area (Å²) in [6, 6.07) is 2.34. The van der Waals surface area contributed by atoms with Crippen LogP contribution in [0.25, 0.3) is 0 Å². The summed E-state index contributed by atoms with van der Waals surface area (Å²) < 4.78 is 1.91. The van der Waals surface area contributed by atoms with Crippen LogP contribution in [0.3, 0.4) is 0 Å². The molecular weight excluding hydrogens is 243 g/mol. The van der Waals surface area contributed by atoms with E-state index in [4.69, 9.17) is 23.2 Å². The van der Waals surface area contributed by atoms with Crippen LogP contribution in [0.2, 0.25) is 10.2 Å². The second kappa shape index (κ2) is 4.99. The topological polar surface area (TPSA) is 17.0 Å². The van der Waals surface area contributed by atoms with Crippen molar-refractivity contribution >= 4 is 23.2 Å². The number of aromatic nitrogens is 1. The van der Waals surface area contributed by atoms with Crippen LogP contribution < -0.4 is 5.32 Å². The van der Waals surface area contributed by atoms with Crippen molar-refractivity contribution < 1.29 is 0 Å². The van der Waals surface area contributed by atoms with E-state index >= 15 is 0 Å². The molecule has 1 rings (SSSR count). The zero-order valence-corrected chi connectivity index (χ0v) is 12.1. The van der Waals surface area contributed by atoms with Crippen LogP contribution >= 0.6 is 23.2 Å². The molecule has 1 unspecified atom stereocenters. The van der Waals surface area contributed by atoms with Gasteiger partial charge in [0.15, 0.2) is 0 Å². The molecule has 16 heavy (non-hydrogen) atoms. The summed E-state index contributed by atoms with van der Waals surface area (Å²) in [5.74, 6) is 0. The highest BCUT2D eigenvalue weighted by Gasteiger charge is 2.19. The van der Waals surface area contributed by atoms with E-state index in [0.29, 0.717) is 16.2 Å². The van der Waals surface area contributed by atoms with Crippen LogP contribution in [0.5, 0.6) is 0 Å². The summed E-state index contributed by atoms with van der Waals surface area (Å²) in [7, 11) is 1.92. The molecule has 0 saturated carbocycles. The molecule has 0 amide bonds. The predicted octanol–water partition coefficient (Wildman–Crippen LogP) is 3.86. The van der Waals surface area contributed by atoms with Gasteiger partial charge in [-0.15, -0.1) is 0 Å². The van der Waals surface area contributed by atoms with E-state index in [-0.39, 0.29) is 5.41 Å². The maximum absolute atomic E-state index is 6.01. The molecule has 1 atom stereocenters. The normalized spacial score (nSPS) is 14.2. The number of hydrogen-bond acceptors (Lipinski definition) is 1. The first-order chi connectivity index (χ1) is 7.23. The lowest BCUT2D eigenvalue weighted by Gasteiger charge is -2.28. The molecular formula is C12H20Cl2N2. The predicted molar refractivity (Wildman–Crippen MR) is 71.2 cm³/mol. The van der Waals surface area contributed by atoms with Crippen molar-refractivity contribution in [2.45, 2.75) is 40.3 Å². The van der Waals surface area contributed by atoms with Crippen LogP contribution in [-0.2, 0) is 13.6 Å². The molecule has 0 spiro atoms. The van der Waals surface area contributed by atoms with Gasteiger partial charge >= 0.3 is 0 Å². The largest absolute Gasteiger partial charge is 0.336 e. The Kier molecular flexibility index (Phi) is 4.33. The lowest BCUT2D eigenvalue weighted by atomic mass is 9.88. The fourth-order valence-electron chi connectivity index (χ4n) is 1.32. The van der Waals surface area contributed by atoms with Crippen molar-refractivity contribution in [3.05, 3.63) is 21.9 Å². The molecule has 1 aromatic rings. The molecule has 0 saturated heterocycles. The third-order valence-electron chi connectivity index (χ3n) is 3.10. The average molecular weight is 263 g/mol. The molecule has 1 heterocycles. The fraction of sp³-hybridized carbons (Fsp3) is 0.667. The molecule has 1 N–H and O–H groups in total. The quantitative estimate of drug-likeness (QED) is 0.876. The number of nitrogens with one attached hydrogen (secondary N) is 1. The van der Waals surface area contributed by atoms with Gasteiger partial charge in [-0.25, -0.2) is 0 Å². The van der Waals surface area contributed by atoms with Gasteiger partial charge in [-0.1, -0.05) is 44.0 Å². The minimum absolute atomic E-state index is 0.249. The highest BCUT2D eigenvalue weighted by Crippen LogP contribution is 2.25. The van der Waals surface area contributed by atoms with Gasteiger partial charge in [0.1, 0.15) is 5.15 Å². The van der Waals surface area contributed by atoms with Crippen molar-refractivity contribution in [2.24, 2.45) is 12.5 Å². The van der Waals surface area contributed by atoms with Gasteiger partial charge in [-0.3, -0.25) is 0 Å². The zero-order chi connectivity index (χ0) is 12.5. The van der Waals surface area contributed by atoms with E-state index in [1.54, 1.807) is 0 Å². The van der Waals surface area contributed by atoms with E-state index in [1.165, 1.54) is 0 Å². The van der Waals surface area contributed by atoms with Crippen LogP contribution in [0.1, 0.15) is 33.4 Å². The van der Waals surface area contributed by atoms with Crippen molar-refractivity contribution in [1.82, 2.24) is 9.88 Å². The second-order valence-corrected chi connectivity index (χ2v) is 6.07. The highest BCUT2D eigenvalue weighted by atomic mass is 35.5. The Morgan fingerprint density at radius 3 is 2.31 bits per heavy atom. The van der Waals surface area contributed by atoms with Crippen LogP contribution in [-0.4, -0.2) is 10.6 Å². The molecule has 92 valence electrons. The van der Waals surface area contributed by atoms with Crippen LogP contribution in [0, 0.1) is 5.41 Å². The molecule has 4 heteroatoms. The first-order valence-electron chi connectivity index (χ1n) is 5.46. The van der Waals surface area contributed by atoms with E-state index in [1.807, 2.05) is 17.7 Å². The Morgan fingerprint density at radius 2 is 1.94 bits per heavy atom. The molecule has 0 bridgehead atoms. The maximum atomic E-state index is 6.01. The number of rotatable bonds is 3. The van der Waals surface area contributed by atoms with Gasteiger partial charge in [0, 0.05) is 25.3 Å². The smallest absolute Gasteiger partial charge is 0.127 e. The molecule has 0 aliphatic carbocycles. The van der Waals surface area contributed by atoms with Gasteiger partial charge in [0.2, 0.25) is 0 Å². The monoisotopic (exact) mass is 262 g/mol. The Bertz CT molecular complexity index is 364. The third-order valence-corrected chi connectivity index (χ3v) is 3.95. The van der Waals surface area contributed by atoms with Gasteiger partial charge in [-0.05, 0) is 18.4 Å². The van der Waals surface area contributed by atoms with Crippen LogP contribution in [0.15, 0.2) is 6.07 Å². The lowest BCUT2D eigenvalue weighted by Crippen LogP contribution is -2.37. The molecule has 0 radical (unpaired) electrons. The van der Waals surface area contributed by atoms with Crippen LogP contribution in [0.4, 0.5) is 0 Å².